The van der Waals surface area contributed by atoms with Crippen molar-refractivity contribution in [1.29, 1.82) is 0 Å². The van der Waals surface area contributed by atoms with Gasteiger partial charge in [-0.15, -0.1) is 0 Å². The number of hydrogen-bond acceptors (Lipinski definition) is 4. The van der Waals surface area contributed by atoms with Gasteiger partial charge in [-0.1, -0.05) is 6.07 Å². The lowest BCUT2D eigenvalue weighted by Crippen LogP contribution is -2.30. The first kappa shape index (κ1) is 12.0. The van der Waals surface area contributed by atoms with Gasteiger partial charge in [-0.25, -0.2) is 9.59 Å². The molecule has 2 aliphatic rings. The highest BCUT2D eigenvalue weighted by Crippen LogP contribution is 2.24. The number of carbonyl (C=O) groups excluding carboxylic acids is 1. The molecule has 2 heterocycles. The van der Waals surface area contributed by atoms with E-state index in [0.717, 1.165) is 17.7 Å². The van der Waals surface area contributed by atoms with Gasteiger partial charge < -0.3 is 15.2 Å². The number of fused-ring (bicyclic) bond motifs is 1. The first-order valence-electron chi connectivity index (χ1n) is 6.14. The van der Waals surface area contributed by atoms with E-state index in [-0.39, 0.29) is 12.2 Å². The molecule has 0 aromatic heterocycles. The maximum atomic E-state index is 10.9. The average molecular weight is 262 g/mol. The number of cyclic esters (lactones) is 1. The van der Waals surface area contributed by atoms with Gasteiger partial charge in [0.25, 0.3) is 0 Å². The Bertz CT molecular complexity index is 543. The number of amides is 1. The fraction of sp³-hybridized carbons (Fsp3) is 0.385. The standard InChI is InChI=1S/C13H14N2O4/c16-12(17)8-1-2-9-5-15(6-10(9)3-8)7-11-4-14-13(18)19-11/h1-3,11H,4-7H2,(H,14,18)(H,16,17). The fourth-order valence-electron chi connectivity index (χ4n) is 2.55. The number of carboxylic acid groups (broad SMARTS) is 1. The van der Waals surface area contributed by atoms with Crippen molar-refractivity contribution < 1.29 is 19.4 Å². The number of carboxylic acids is 1. The number of aromatic carboxylic acids is 1. The van der Waals surface area contributed by atoms with E-state index >= 15 is 0 Å². The summed E-state index contributed by atoms with van der Waals surface area (Å²) in [5.74, 6) is -0.907. The Morgan fingerprint density at radius 2 is 2.21 bits per heavy atom. The van der Waals surface area contributed by atoms with Gasteiger partial charge in [-0.05, 0) is 23.3 Å². The summed E-state index contributed by atoms with van der Waals surface area (Å²) in [7, 11) is 0. The van der Waals surface area contributed by atoms with Gasteiger partial charge >= 0.3 is 12.1 Å². The van der Waals surface area contributed by atoms with Crippen LogP contribution in [0.25, 0.3) is 0 Å². The quantitative estimate of drug-likeness (QED) is 0.842. The van der Waals surface area contributed by atoms with Crippen molar-refractivity contribution in [3.05, 3.63) is 34.9 Å². The molecule has 2 aliphatic heterocycles. The lowest BCUT2D eigenvalue weighted by Gasteiger charge is -2.17. The van der Waals surface area contributed by atoms with E-state index in [1.165, 1.54) is 0 Å². The zero-order chi connectivity index (χ0) is 13.4. The van der Waals surface area contributed by atoms with E-state index in [1.807, 2.05) is 6.07 Å². The summed E-state index contributed by atoms with van der Waals surface area (Å²) in [6.45, 7) is 2.66. The molecule has 3 rings (SSSR count). The van der Waals surface area contributed by atoms with E-state index in [0.29, 0.717) is 25.2 Å². The van der Waals surface area contributed by atoms with Crippen molar-refractivity contribution >= 4 is 12.1 Å². The monoisotopic (exact) mass is 262 g/mol. The Balaban J connectivity index is 1.67. The highest BCUT2D eigenvalue weighted by molar-refractivity contribution is 5.87. The fourth-order valence-corrected chi connectivity index (χ4v) is 2.55. The van der Waals surface area contributed by atoms with Crippen LogP contribution < -0.4 is 5.32 Å². The predicted octanol–water partition coefficient (Wildman–Crippen LogP) is 0.809. The van der Waals surface area contributed by atoms with Gasteiger partial charge in [0.2, 0.25) is 0 Å². The zero-order valence-electron chi connectivity index (χ0n) is 10.3. The second-order valence-corrected chi connectivity index (χ2v) is 4.87. The molecule has 1 fully saturated rings. The highest BCUT2D eigenvalue weighted by atomic mass is 16.6. The van der Waals surface area contributed by atoms with Crippen molar-refractivity contribution in [3.63, 3.8) is 0 Å². The largest absolute Gasteiger partial charge is 0.478 e. The molecule has 0 bridgehead atoms. The van der Waals surface area contributed by atoms with E-state index in [1.54, 1.807) is 12.1 Å². The van der Waals surface area contributed by atoms with Crippen molar-refractivity contribution in [1.82, 2.24) is 10.2 Å². The Morgan fingerprint density at radius 3 is 2.89 bits per heavy atom. The molecule has 6 heteroatoms. The Kier molecular flexibility index (Phi) is 2.87. The van der Waals surface area contributed by atoms with Crippen LogP contribution in [0.15, 0.2) is 18.2 Å². The van der Waals surface area contributed by atoms with Crippen LogP contribution in [0.2, 0.25) is 0 Å². The van der Waals surface area contributed by atoms with Crippen molar-refractivity contribution in [2.45, 2.75) is 19.2 Å². The number of alkyl carbamates (subject to hydrolysis) is 1. The predicted molar refractivity (Wildman–Crippen MR) is 65.8 cm³/mol. The highest BCUT2D eigenvalue weighted by Gasteiger charge is 2.28. The molecule has 0 aliphatic carbocycles. The zero-order valence-corrected chi connectivity index (χ0v) is 10.3. The van der Waals surface area contributed by atoms with E-state index in [9.17, 15) is 9.59 Å². The lowest BCUT2D eigenvalue weighted by molar-refractivity contribution is 0.0696. The first-order valence-corrected chi connectivity index (χ1v) is 6.14. The number of nitrogens with one attached hydrogen (secondary N) is 1. The summed E-state index contributed by atoms with van der Waals surface area (Å²) in [5, 5.41) is 11.6. The molecule has 1 unspecified atom stereocenters. The Hall–Kier alpha value is -2.08. The summed E-state index contributed by atoms with van der Waals surface area (Å²) in [5.41, 5.74) is 2.49. The van der Waals surface area contributed by atoms with Gasteiger partial charge in [0.15, 0.2) is 0 Å². The number of carbonyl (C=O) groups is 2. The molecule has 19 heavy (non-hydrogen) atoms. The summed E-state index contributed by atoms with van der Waals surface area (Å²) in [6, 6.07) is 5.20. The van der Waals surface area contributed by atoms with Crippen LogP contribution in [0.5, 0.6) is 0 Å². The average Bonchev–Trinajstić information content (AvgIpc) is 2.94. The summed E-state index contributed by atoms with van der Waals surface area (Å²) in [4.78, 5) is 24.0. The van der Waals surface area contributed by atoms with Gasteiger partial charge in [-0.2, -0.15) is 0 Å². The number of nitrogens with zero attached hydrogens (tertiary/aromatic N) is 1. The van der Waals surface area contributed by atoms with Crippen LogP contribution in [0.3, 0.4) is 0 Å². The maximum absolute atomic E-state index is 10.9. The third kappa shape index (κ3) is 2.39. The van der Waals surface area contributed by atoms with Gasteiger partial charge in [0.05, 0.1) is 12.1 Å². The molecule has 0 spiro atoms. The summed E-state index contributed by atoms with van der Waals surface area (Å²) in [6.07, 6.45) is -0.490. The Labute approximate surface area is 110 Å². The van der Waals surface area contributed by atoms with Gasteiger partial charge in [0.1, 0.15) is 6.10 Å². The van der Waals surface area contributed by atoms with Crippen LogP contribution in [0.1, 0.15) is 21.5 Å². The van der Waals surface area contributed by atoms with Gasteiger partial charge in [-0.3, -0.25) is 4.90 Å². The van der Waals surface area contributed by atoms with Gasteiger partial charge in [0, 0.05) is 19.6 Å². The molecule has 1 saturated heterocycles. The van der Waals surface area contributed by atoms with E-state index in [2.05, 4.69) is 10.2 Å². The molecule has 0 saturated carbocycles. The maximum Gasteiger partial charge on any atom is 0.407 e. The molecular weight excluding hydrogens is 248 g/mol. The molecule has 6 nitrogen and oxygen atoms in total. The van der Waals surface area contributed by atoms with Crippen LogP contribution >= 0.6 is 0 Å². The van der Waals surface area contributed by atoms with Crippen molar-refractivity contribution in [3.8, 4) is 0 Å². The van der Waals surface area contributed by atoms with Crippen LogP contribution in [0.4, 0.5) is 4.79 Å². The lowest BCUT2D eigenvalue weighted by atomic mass is 10.1. The first-order chi connectivity index (χ1) is 9.11. The second-order valence-electron chi connectivity index (χ2n) is 4.87. The number of benzene rings is 1. The van der Waals surface area contributed by atoms with Crippen molar-refractivity contribution in [2.75, 3.05) is 13.1 Å². The molecule has 0 radical (unpaired) electrons. The third-order valence-corrected chi connectivity index (χ3v) is 3.45. The topological polar surface area (TPSA) is 78.9 Å². The molecule has 2 N–H and O–H groups in total. The molecule has 1 amide bonds. The van der Waals surface area contributed by atoms with E-state index < -0.39 is 5.97 Å². The smallest absolute Gasteiger partial charge is 0.407 e. The summed E-state index contributed by atoms with van der Waals surface area (Å²) < 4.78 is 5.10. The van der Waals surface area contributed by atoms with Crippen molar-refractivity contribution in [2.24, 2.45) is 0 Å². The van der Waals surface area contributed by atoms with E-state index in [4.69, 9.17) is 9.84 Å². The molecular formula is C13H14N2O4. The minimum absolute atomic E-state index is 0.124. The molecule has 1 aromatic carbocycles. The third-order valence-electron chi connectivity index (χ3n) is 3.45. The number of hydrogen-bond donors (Lipinski definition) is 2. The Morgan fingerprint density at radius 1 is 1.42 bits per heavy atom. The molecule has 100 valence electrons. The molecule has 1 aromatic rings. The van der Waals surface area contributed by atoms with Crippen LogP contribution in [0, 0.1) is 0 Å². The SMILES string of the molecule is O=C1NCC(CN2Cc3ccc(C(=O)O)cc3C2)O1. The van der Waals surface area contributed by atoms with Crippen LogP contribution in [-0.2, 0) is 17.8 Å². The minimum Gasteiger partial charge on any atom is -0.478 e. The summed E-state index contributed by atoms with van der Waals surface area (Å²) >= 11 is 0. The number of ether oxygens (including phenoxy) is 1. The molecule has 1 atom stereocenters. The number of rotatable bonds is 3. The normalized spacial score (nSPS) is 21.9. The van der Waals surface area contributed by atoms with Crippen LogP contribution in [-0.4, -0.2) is 41.3 Å². The second kappa shape index (κ2) is 4.55. The minimum atomic E-state index is -0.907.